The quantitative estimate of drug-likeness (QED) is 0.333. The summed E-state index contributed by atoms with van der Waals surface area (Å²) in [6.07, 6.45) is 11.9. The van der Waals surface area contributed by atoms with Crippen molar-refractivity contribution in [1.82, 2.24) is 0 Å². The van der Waals surface area contributed by atoms with Crippen LogP contribution >= 0.6 is 0 Å². The number of aliphatic hydroxyl groups excluding tert-OH is 3. The molecule has 0 unspecified atom stereocenters. The molecule has 1 saturated heterocycles. The third-order valence-corrected chi connectivity index (χ3v) is 4.50. The van der Waals surface area contributed by atoms with Gasteiger partial charge in [0.15, 0.2) is 0 Å². The molecular weight excluding hydrogens is 308 g/mol. The average molecular weight is 344 g/mol. The zero-order valence-corrected chi connectivity index (χ0v) is 15.1. The van der Waals surface area contributed by atoms with Crippen molar-refractivity contribution in [3.8, 4) is 0 Å². The van der Waals surface area contributed by atoms with E-state index in [0.717, 1.165) is 12.8 Å². The van der Waals surface area contributed by atoms with Gasteiger partial charge >= 0.3 is 0 Å². The molecule has 1 aliphatic heterocycles. The zero-order chi connectivity index (χ0) is 17.6. The lowest BCUT2D eigenvalue weighted by molar-refractivity contribution is -0.0813. The molecule has 5 heteroatoms. The molecule has 24 heavy (non-hydrogen) atoms. The maximum atomic E-state index is 9.89. The summed E-state index contributed by atoms with van der Waals surface area (Å²) in [5.41, 5.74) is 0. The summed E-state index contributed by atoms with van der Waals surface area (Å²) in [4.78, 5) is 0. The Hall–Kier alpha value is -0.460. The van der Waals surface area contributed by atoms with E-state index >= 15 is 0 Å². The predicted molar refractivity (Wildman–Crippen MR) is 94.9 cm³/mol. The molecule has 4 atom stereocenters. The molecule has 0 aromatic rings. The van der Waals surface area contributed by atoms with E-state index in [2.05, 4.69) is 19.1 Å². The second kappa shape index (κ2) is 13.8. The summed E-state index contributed by atoms with van der Waals surface area (Å²) in [5.74, 6) is 0. The summed E-state index contributed by atoms with van der Waals surface area (Å²) < 4.78 is 10.6. The van der Waals surface area contributed by atoms with Crippen molar-refractivity contribution in [3.63, 3.8) is 0 Å². The highest BCUT2D eigenvalue weighted by Gasteiger charge is 2.39. The van der Waals surface area contributed by atoms with Crippen molar-refractivity contribution in [3.05, 3.63) is 12.2 Å². The molecule has 5 nitrogen and oxygen atoms in total. The van der Waals surface area contributed by atoms with Gasteiger partial charge in [0, 0.05) is 6.61 Å². The Bertz CT molecular complexity index is 321. The van der Waals surface area contributed by atoms with E-state index in [1.807, 2.05) is 0 Å². The minimum absolute atomic E-state index is 0.0677. The standard InChI is InChI=1S/C19H36O5/c1-2-3-4-5-6-7-8-9-10-11-12-13-23-14-17(21)19-18(22)16(20)15-24-19/h2-3,16-22H,4-15H2,1H3/b3-2+/t16-,17+,18-,19-/m1/s1. The van der Waals surface area contributed by atoms with Crippen molar-refractivity contribution < 1.29 is 24.8 Å². The molecule has 142 valence electrons. The number of ether oxygens (including phenoxy) is 2. The van der Waals surface area contributed by atoms with Crippen LogP contribution in [0.4, 0.5) is 0 Å². The Kier molecular flexibility index (Phi) is 12.4. The lowest BCUT2D eigenvalue weighted by Gasteiger charge is -2.20. The third kappa shape index (κ3) is 9.14. The molecule has 0 spiro atoms. The highest BCUT2D eigenvalue weighted by atomic mass is 16.5. The van der Waals surface area contributed by atoms with Crippen molar-refractivity contribution in [2.45, 2.75) is 89.1 Å². The highest BCUT2D eigenvalue weighted by Crippen LogP contribution is 2.18. The van der Waals surface area contributed by atoms with E-state index in [0.29, 0.717) is 6.61 Å². The summed E-state index contributed by atoms with van der Waals surface area (Å²) >= 11 is 0. The molecular formula is C19H36O5. The molecule has 0 saturated carbocycles. The van der Waals surface area contributed by atoms with Gasteiger partial charge in [-0.1, -0.05) is 50.7 Å². The number of allylic oxidation sites excluding steroid dienone is 2. The van der Waals surface area contributed by atoms with E-state index in [1.165, 1.54) is 44.9 Å². The van der Waals surface area contributed by atoms with Gasteiger partial charge in [-0.25, -0.2) is 0 Å². The van der Waals surface area contributed by atoms with Crippen LogP contribution in [-0.4, -0.2) is 59.6 Å². The van der Waals surface area contributed by atoms with Crippen molar-refractivity contribution >= 4 is 0 Å². The second-order valence-corrected chi connectivity index (χ2v) is 6.68. The van der Waals surface area contributed by atoms with Gasteiger partial charge in [0.05, 0.1) is 13.2 Å². The Balaban J connectivity index is 1.84. The van der Waals surface area contributed by atoms with E-state index in [9.17, 15) is 15.3 Å². The van der Waals surface area contributed by atoms with Gasteiger partial charge in [-0.15, -0.1) is 0 Å². The minimum Gasteiger partial charge on any atom is -0.388 e. The first-order valence-corrected chi connectivity index (χ1v) is 9.51. The van der Waals surface area contributed by atoms with Gasteiger partial charge in [0.1, 0.15) is 24.4 Å². The van der Waals surface area contributed by atoms with E-state index in [-0.39, 0.29) is 13.2 Å². The third-order valence-electron chi connectivity index (χ3n) is 4.50. The molecule has 0 bridgehead atoms. The van der Waals surface area contributed by atoms with Crippen LogP contribution in [0, 0.1) is 0 Å². The monoisotopic (exact) mass is 344 g/mol. The minimum atomic E-state index is -1.03. The number of aliphatic hydroxyl groups is 3. The highest BCUT2D eigenvalue weighted by molar-refractivity contribution is 4.87. The molecule has 1 fully saturated rings. The van der Waals surface area contributed by atoms with Gasteiger partial charge in [-0.3, -0.25) is 0 Å². The van der Waals surface area contributed by atoms with Crippen LogP contribution in [-0.2, 0) is 9.47 Å². The first kappa shape index (κ1) is 21.6. The van der Waals surface area contributed by atoms with Gasteiger partial charge in [0.2, 0.25) is 0 Å². The Morgan fingerprint density at radius 1 is 1.04 bits per heavy atom. The van der Waals surface area contributed by atoms with Gasteiger partial charge < -0.3 is 24.8 Å². The van der Waals surface area contributed by atoms with E-state index in [1.54, 1.807) is 0 Å². The summed E-state index contributed by atoms with van der Waals surface area (Å²) in [6, 6.07) is 0. The predicted octanol–water partition coefficient (Wildman–Crippen LogP) is 2.57. The fourth-order valence-corrected chi connectivity index (χ4v) is 2.96. The fourth-order valence-electron chi connectivity index (χ4n) is 2.96. The molecule has 0 amide bonds. The summed E-state index contributed by atoms with van der Waals surface area (Å²) in [7, 11) is 0. The second-order valence-electron chi connectivity index (χ2n) is 6.68. The van der Waals surface area contributed by atoms with Crippen LogP contribution in [0.5, 0.6) is 0 Å². The van der Waals surface area contributed by atoms with Crippen molar-refractivity contribution in [2.24, 2.45) is 0 Å². The van der Waals surface area contributed by atoms with Gasteiger partial charge in [-0.2, -0.15) is 0 Å². The smallest absolute Gasteiger partial charge is 0.114 e. The van der Waals surface area contributed by atoms with Crippen LogP contribution < -0.4 is 0 Å². The van der Waals surface area contributed by atoms with Crippen molar-refractivity contribution in [1.29, 1.82) is 0 Å². The normalized spacial score (nSPS) is 25.6. The molecule has 1 rings (SSSR count). The maximum Gasteiger partial charge on any atom is 0.114 e. The SMILES string of the molecule is C/C=C/CCCCCCCCCCOC[C@H](O)[C@H]1OC[C@@H](O)[C@H]1O. The van der Waals surface area contributed by atoms with Crippen LogP contribution in [0.25, 0.3) is 0 Å². The Labute approximate surface area is 146 Å². The van der Waals surface area contributed by atoms with Crippen LogP contribution in [0.1, 0.15) is 64.7 Å². The Morgan fingerprint density at radius 3 is 2.25 bits per heavy atom. The molecule has 0 aromatic carbocycles. The van der Waals surface area contributed by atoms with Gasteiger partial charge in [0.25, 0.3) is 0 Å². The topological polar surface area (TPSA) is 79.2 Å². The molecule has 1 aliphatic rings. The fraction of sp³-hybridized carbons (Fsp3) is 0.895. The van der Waals surface area contributed by atoms with Crippen LogP contribution in [0.2, 0.25) is 0 Å². The van der Waals surface area contributed by atoms with Gasteiger partial charge in [-0.05, 0) is 26.2 Å². The first-order valence-electron chi connectivity index (χ1n) is 9.51. The molecule has 0 aliphatic carbocycles. The number of hydrogen-bond donors (Lipinski definition) is 3. The molecule has 0 radical (unpaired) electrons. The number of unbranched alkanes of at least 4 members (excludes halogenated alkanes) is 8. The lowest BCUT2D eigenvalue weighted by Crippen LogP contribution is -2.40. The molecule has 3 N–H and O–H groups in total. The summed E-state index contributed by atoms with van der Waals surface area (Å²) in [5, 5.41) is 28.9. The number of rotatable bonds is 14. The van der Waals surface area contributed by atoms with Crippen LogP contribution in [0.3, 0.4) is 0 Å². The molecule has 0 aromatic heterocycles. The van der Waals surface area contributed by atoms with E-state index < -0.39 is 24.4 Å². The van der Waals surface area contributed by atoms with Crippen LogP contribution in [0.15, 0.2) is 12.2 Å². The molecule has 1 heterocycles. The Morgan fingerprint density at radius 2 is 1.67 bits per heavy atom. The van der Waals surface area contributed by atoms with E-state index in [4.69, 9.17) is 9.47 Å². The maximum absolute atomic E-state index is 9.89. The average Bonchev–Trinajstić information content (AvgIpc) is 2.91. The first-order chi connectivity index (χ1) is 11.7. The zero-order valence-electron chi connectivity index (χ0n) is 15.1. The lowest BCUT2D eigenvalue weighted by atomic mass is 10.1. The van der Waals surface area contributed by atoms with Crippen molar-refractivity contribution in [2.75, 3.05) is 19.8 Å². The summed E-state index contributed by atoms with van der Waals surface area (Å²) in [6.45, 7) is 2.89. The largest absolute Gasteiger partial charge is 0.388 e. The number of hydrogen-bond acceptors (Lipinski definition) is 5.